The molecule has 0 bridgehead atoms. The molecule has 0 radical (unpaired) electrons. The number of hydrogen-bond donors (Lipinski definition) is 1. The van der Waals surface area contributed by atoms with E-state index in [4.69, 9.17) is 0 Å². The molecular formula is C17H26N2. The normalized spacial score (nSPS) is 17.8. The summed E-state index contributed by atoms with van der Waals surface area (Å²) in [7, 11) is 0. The van der Waals surface area contributed by atoms with Gasteiger partial charge < -0.3 is 5.32 Å². The van der Waals surface area contributed by atoms with Crippen molar-refractivity contribution in [2.24, 2.45) is 5.92 Å². The monoisotopic (exact) mass is 258 g/mol. The number of rotatable bonds is 6. The summed E-state index contributed by atoms with van der Waals surface area (Å²) in [5.41, 5.74) is 1.43. The standard InChI is InChI=1S/C17H26N2/c1-15(2)13-18-14-17(16-9-5-3-6-10-16)19-11-7-4-8-12-19/h3-7,9-10,15,17-18H,8,11-14H2,1-2H3. The topological polar surface area (TPSA) is 15.3 Å². The number of nitrogens with one attached hydrogen (secondary N) is 1. The fraction of sp³-hybridized carbons (Fsp3) is 0.529. The molecule has 0 aromatic heterocycles. The van der Waals surface area contributed by atoms with Crippen molar-refractivity contribution < 1.29 is 0 Å². The van der Waals surface area contributed by atoms with Crippen LogP contribution in [0.25, 0.3) is 0 Å². The largest absolute Gasteiger partial charge is 0.315 e. The highest BCUT2D eigenvalue weighted by Gasteiger charge is 2.19. The van der Waals surface area contributed by atoms with E-state index in [1.54, 1.807) is 0 Å². The maximum Gasteiger partial charge on any atom is 0.0476 e. The maximum absolute atomic E-state index is 3.61. The van der Waals surface area contributed by atoms with Crippen LogP contribution in [0.2, 0.25) is 0 Å². The molecule has 1 aromatic carbocycles. The number of hydrogen-bond acceptors (Lipinski definition) is 2. The number of benzene rings is 1. The van der Waals surface area contributed by atoms with E-state index in [2.05, 4.69) is 66.5 Å². The lowest BCUT2D eigenvalue weighted by Crippen LogP contribution is -2.38. The van der Waals surface area contributed by atoms with E-state index in [1.165, 1.54) is 18.5 Å². The van der Waals surface area contributed by atoms with E-state index in [-0.39, 0.29) is 0 Å². The van der Waals surface area contributed by atoms with Crippen LogP contribution in [0.3, 0.4) is 0 Å². The summed E-state index contributed by atoms with van der Waals surface area (Å²) >= 11 is 0. The van der Waals surface area contributed by atoms with Gasteiger partial charge in [0.1, 0.15) is 0 Å². The van der Waals surface area contributed by atoms with Crippen LogP contribution in [-0.4, -0.2) is 31.1 Å². The van der Waals surface area contributed by atoms with Gasteiger partial charge in [0.05, 0.1) is 0 Å². The molecule has 104 valence electrons. The summed E-state index contributed by atoms with van der Waals surface area (Å²) in [6.45, 7) is 8.88. The maximum atomic E-state index is 3.61. The predicted molar refractivity (Wildman–Crippen MR) is 82.2 cm³/mol. The highest BCUT2D eigenvalue weighted by molar-refractivity contribution is 5.20. The van der Waals surface area contributed by atoms with Gasteiger partial charge in [-0.3, -0.25) is 4.90 Å². The molecule has 0 saturated carbocycles. The minimum atomic E-state index is 0.491. The summed E-state index contributed by atoms with van der Waals surface area (Å²) in [6.07, 6.45) is 5.76. The second-order valence-electron chi connectivity index (χ2n) is 5.73. The molecule has 0 saturated heterocycles. The Morgan fingerprint density at radius 2 is 1.89 bits per heavy atom. The van der Waals surface area contributed by atoms with Gasteiger partial charge in [0.25, 0.3) is 0 Å². The first-order valence-electron chi connectivity index (χ1n) is 7.42. The Hall–Kier alpha value is -1.12. The van der Waals surface area contributed by atoms with Crippen LogP contribution in [0.1, 0.15) is 31.9 Å². The Morgan fingerprint density at radius 3 is 2.53 bits per heavy atom. The van der Waals surface area contributed by atoms with Crippen molar-refractivity contribution >= 4 is 0 Å². The zero-order chi connectivity index (χ0) is 13.5. The molecule has 2 rings (SSSR count). The molecule has 1 aliphatic rings. The fourth-order valence-corrected chi connectivity index (χ4v) is 2.58. The second-order valence-corrected chi connectivity index (χ2v) is 5.73. The summed E-state index contributed by atoms with van der Waals surface area (Å²) in [6, 6.07) is 11.4. The van der Waals surface area contributed by atoms with E-state index in [9.17, 15) is 0 Å². The average molecular weight is 258 g/mol. The Balaban J connectivity index is 2.02. The molecule has 0 aliphatic carbocycles. The third-order valence-corrected chi connectivity index (χ3v) is 3.60. The van der Waals surface area contributed by atoms with Gasteiger partial charge in [0, 0.05) is 25.7 Å². The summed E-state index contributed by atoms with van der Waals surface area (Å²) < 4.78 is 0. The molecule has 1 aliphatic heterocycles. The second kappa shape index (κ2) is 7.46. The highest BCUT2D eigenvalue weighted by Crippen LogP contribution is 2.21. The molecule has 0 fully saturated rings. The SMILES string of the molecule is CC(C)CNCC(c1ccccc1)N1CC=CCC1. The van der Waals surface area contributed by atoms with Crippen LogP contribution < -0.4 is 5.32 Å². The van der Waals surface area contributed by atoms with Crippen LogP contribution in [0.15, 0.2) is 42.5 Å². The lowest BCUT2D eigenvalue weighted by Gasteiger charge is -2.33. The summed E-state index contributed by atoms with van der Waals surface area (Å²) in [4.78, 5) is 2.57. The van der Waals surface area contributed by atoms with Crippen molar-refractivity contribution in [1.82, 2.24) is 10.2 Å². The Morgan fingerprint density at radius 1 is 1.11 bits per heavy atom. The molecule has 1 unspecified atom stereocenters. The molecule has 2 heteroatoms. The van der Waals surface area contributed by atoms with Crippen molar-refractivity contribution in [2.75, 3.05) is 26.2 Å². The van der Waals surface area contributed by atoms with Gasteiger partial charge in [0.2, 0.25) is 0 Å². The highest BCUT2D eigenvalue weighted by atomic mass is 15.2. The van der Waals surface area contributed by atoms with Crippen LogP contribution >= 0.6 is 0 Å². The van der Waals surface area contributed by atoms with E-state index < -0.39 is 0 Å². The van der Waals surface area contributed by atoms with Crippen LogP contribution in [-0.2, 0) is 0 Å². The van der Waals surface area contributed by atoms with Gasteiger partial charge in [-0.05, 0) is 24.4 Å². The quantitative estimate of drug-likeness (QED) is 0.788. The van der Waals surface area contributed by atoms with E-state index >= 15 is 0 Å². The van der Waals surface area contributed by atoms with Gasteiger partial charge >= 0.3 is 0 Å². The lowest BCUT2D eigenvalue weighted by molar-refractivity contribution is 0.209. The molecule has 1 heterocycles. The third kappa shape index (κ3) is 4.48. The van der Waals surface area contributed by atoms with Crippen molar-refractivity contribution in [2.45, 2.75) is 26.3 Å². The molecular weight excluding hydrogens is 232 g/mol. The first-order valence-corrected chi connectivity index (χ1v) is 7.42. The minimum Gasteiger partial charge on any atom is -0.315 e. The van der Waals surface area contributed by atoms with Gasteiger partial charge in [-0.15, -0.1) is 0 Å². The average Bonchev–Trinajstić information content (AvgIpc) is 2.45. The van der Waals surface area contributed by atoms with Gasteiger partial charge in [0.15, 0.2) is 0 Å². The molecule has 0 spiro atoms. The molecule has 1 N–H and O–H groups in total. The third-order valence-electron chi connectivity index (χ3n) is 3.60. The van der Waals surface area contributed by atoms with E-state index in [0.29, 0.717) is 12.0 Å². The van der Waals surface area contributed by atoms with Crippen molar-refractivity contribution in [3.63, 3.8) is 0 Å². The van der Waals surface area contributed by atoms with E-state index in [1.807, 2.05) is 0 Å². The van der Waals surface area contributed by atoms with Gasteiger partial charge in [-0.2, -0.15) is 0 Å². The molecule has 2 nitrogen and oxygen atoms in total. The Kier molecular flexibility index (Phi) is 5.62. The van der Waals surface area contributed by atoms with E-state index in [0.717, 1.165) is 19.6 Å². The zero-order valence-corrected chi connectivity index (χ0v) is 12.2. The smallest absolute Gasteiger partial charge is 0.0476 e. The fourth-order valence-electron chi connectivity index (χ4n) is 2.58. The predicted octanol–water partition coefficient (Wildman–Crippen LogP) is 3.24. The number of nitrogens with zero attached hydrogens (tertiary/aromatic N) is 1. The molecule has 1 aromatic rings. The summed E-state index contributed by atoms with van der Waals surface area (Å²) in [5.74, 6) is 0.706. The zero-order valence-electron chi connectivity index (χ0n) is 12.2. The van der Waals surface area contributed by atoms with Gasteiger partial charge in [-0.1, -0.05) is 56.3 Å². The lowest BCUT2D eigenvalue weighted by atomic mass is 10.0. The Bertz CT molecular complexity index is 384. The van der Waals surface area contributed by atoms with Crippen LogP contribution in [0.5, 0.6) is 0 Å². The molecule has 1 atom stereocenters. The molecule has 0 amide bonds. The van der Waals surface area contributed by atoms with Crippen molar-refractivity contribution in [1.29, 1.82) is 0 Å². The Labute approximate surface area is 117 Å². The minimum absolute atomic E-state index is 0.491. The van der Waals surface area contributed by atoms with Crippen molar-refractivity contribution in [3.05, 3.63) is 48.0 Å². The van der Waals surface area contributed by atoms with Crippen LogP contribution in [0, 0.1) is 5.92 Å². The van der Waals surface area contributed by atoms with Crippen molar-refractivity contribution in [3.8, 4) is 0 Å². The van der Waals surface area contributed by atoms with Gasteiger partial charge in [-0.25, -0.2) is 0 Å². The first kappa shape index (κ1) is 14.3. The van der Waals surface area contributed by atoms with Crippen LogP contribution in [0.4, 0.5) is 0 Å². The molecule has 19 heavy (non-hydrogen) atoms. The first-order chi connectivity index (χ1) is 9.27. The summed E-state index contributed by atoms with van der Waals surface area (Å²) in [5, 5.41) is 3.61.